The van der Waals surface area contributed by atoms with Crippen molar-refractivity contribution in [2.45, 2.75) is 124 Å². The number of nitrogens with zero attached hydrogens (tertiary/aromatic N) is 1. The van der Waals surface area contributed by atoms with Crippen LogP contribution in [0.4, 0.5) is 13.2 Å². The van der Waals surface area contributed by atoms with E-state index < -0.39 is 12.6 Å². The fourth-order valence-electron chi connectivity index (χ4n) is 7.31. The lowest BCUT2D eigenvalue weighted by molar-refractivity contribution is -0.133. The van der Waals surface area contributed by atoms with Gasteiger partial charge < -0.3 is 4.98 Å². The van der Waals surface area contributed by atoms with Crippen molar-refractivity contribution in [3.05, 3.63) is 154 Å². The Morgan fingerprint density at radius 3 is 1.30 bits per heavy atom. The molecule has 0 bridgehead atoms. The van der Waals surface area contributed by atoms with Gasteiger partial charge in [-0.05, 0) is 79.2 Å². The number of halogens is 3. The van der Waals surface area contributed by atoms with Crippen LogP contribution in [0.15, 0.2) is 120 Å². The predicted molar refractivity (Wildman–Crippen MR) is 236 cm³/mol. The van der Waals surface area contributed by atoms with Gasteiger partial charge in [0.05, 0.1) is 17.1 Å². The zero-order chi connectivity index (χ0) is 41.7. The Labute approximate surface area is 339 Å². The fraction of sp³-hybridized carbons (Fsp3) is 0.365. The average molecular weight is 769 g/mol. The summed E-state index contributed by atoms with van der Waals surface area (Å²) in [5.74, 6) is 0. The molecule has 57 heavy (non-hydrogen) atoms. The molecule has 6 rings (SSSR count). The van der Waals surface area contributed by atoms with Gasteiger partial charge in [0.25, 0.3) is 0 Å². The minimum Gasteiger partial charge on any atom is -0.354 e. The first-order valence-corrected chi connectivity index (χ1v) is 20.2. The molecule has 0 aliphatic carbocycles. The maximum absolute atomic E-state index is 14.4. The van der Waals surface area contributed by atoms with Gasteiger partial charge in [0.15, 0.2) is 0 Å². The summed E-state index contributed by atoms with van der Waals surface area (Å²) in [5.41, 5.74) is 13.3. The Morgan fingerprint density at radius 2 is 0.895 bits per heavy atom. The van der Waals surface area contributed by atoms with E-state index in [1.807, 2.05) is 6.08 Å². The van der Waals surface area contributed by atoms with Crippen molar-refractivity contribution in [3.8, 4) is 22.4 Å². The SMILES string of the molecule is CC(C)(C)c1ccc(C2=CC(c3ccc(C(C)(C)C)cc3)=N/C2=C(/CCC(F)(F)F)c2[nH]c(-c3ccc(C(C)(C)C)cc3)cc2-c2ccc(C(C)(C)C)cc2)cc1. The van der Waals surface area contributed by atoms with E-state index in [1.54, 1.807) is 0 Å². The van der Waals surface area contributed by atoms with Crippen molar-refractivity contribution in [2.75, 3.05) is 0 Å². The van der Waals surface area contributed by atoms with Gasteiger partial charge in [-0.3, -0.25) is 0 Å². The van der Waals surface area contributed by atoms with Crippen LogP contribution in [0.2, 0.25) is 0 Å². The van der Waals surface area contributed by atoms with E-state index in [9.17, 15) is 13.2 Å². The molecule has 4 aromatic carbocycles. The molecule has 2 nitrogen and oxygen atoms in total. The number of aromatic nitrogens is 1. The second-order valence-electron chi connectivity index (χ2n) is 19.8. The summed E-state index contributed by atoms with van der Waals surface area (Å²) < 4.78 is 43.1. The number of H-pyrrole nitrogens is 1. The Hall–Kier alpha value is -4.90. The summed E-state index contributed by atoms with van der Waals surface area (Å²) >= 11 is 0. The third-order valence-electron chi connectivity index (χ3n) is 11.1. The van der Waals surface area contributed by atoms with Crippen LogP contribution in [0.3, 0.4) is 0 Å². The highest BCUT2D eigenvalue weighted by atomic mass is 19.4. The molecular formula is C52H59F3N2. The maximum atomic E-state index is 14.4. The van der Waals surface area contributed by atoms with Crippen molar-refractivity contribution in [1.29, 1.82) is 0 Å². The lowest BCUT2D eigenvalue weighted by Crippen LogP contribution is -2.11. The number of nitrogens with one attached hydrogen (secondary N) is 1. The zero-order valence-electron chi connectivity index (χ0n) is 35.9. The molecule has 0 amide bonds. The molecule has 2 heterocycles. The van der Waals surface area contributed by atoms with Gasteiger partial charge in [-0.25, -0.2) is 4.99 Å². The molecular weight excluding hydrogens is 710 g/mol. The van der Waals surface area contributed by atoms with E-state index in [2.05, 4.69) is 191 Å². The molecule has 1 aliphatic heterocycles. The van der Waals surface area contributed by atoms with Crippen LogP contribution in [-0.4, -0.2) is 16.9 Å². The largest absolute Gasteiger partial charge is 0.389 e. The molecule has 0 unspecified atom stereocenters. The molecule has 0 atom stereocenters. The van der Waals surface area contributed by atoms with E-state index >= 15 is 0 Å². The van der Waals surface area contributed by atoms with Gasteiger partial charge in [-0.15, -0.1) is 0 Å². The van der Waals surface area contributed by atoms with Gasteiger partial charge in [0.2, 0.25) is 0 Å². The molecule has 0 radical (unpaired) electrons. The summed E-state index contributed by atoms with van der Waals surface area (Å²) in [5, 5.41) is 0. The molecule has 0 fully saturated rings. The first-order chi connectivity index (χ1) is 26.4. The van der Waals surface area contributed by atoms with Crippen LogP contribution >= 0.6 is 0 Å². The standard InChI is InChI=1S/C52H59F3N2/c1-48(2,3)37-21-13-33(14-22-37)42-31-44(35-17-25-39(26-18-35)50(7,8)9)56-46(42)41(29-30-52(53,54)55)47-43(34-15-23-38(24-16-34)49(4,5)6)32-45(57-47)36-19-27-40(28-20-36)51(10,11)12/h13-28,31-32,56H,29-30H2,1-12H3/b47-41-. The molecule has 1 aliphatic rings. The van der Waals surface area contributed by atoms with E-state index in [4.69, 9.17) is 4.99 Å². The highest BCUT2D eigenvalue weighted by Crippen LogP contribution is 2.44. The topological polar surface area (TPSA) is 28.1 Å². The van der Waals surface area contributed by atoms with Gasteiger partial charge in [-0.2, -0.15) is 13.2 Å². The van der Waals surface area contributed by atoms with Crippen molar-refractivity contribution in [3.63, 3.8) is 0 Å². The maximum Gasteiger partial charge on any atom is 0.389 e. The van der Waals surface area contributed by atoms with Crippen molar-refractivity contribution >= 4 is 16.9 Å². The quantitative estimate of drug-likeness (QED) is 0.171. The van der Waals surface area contributed by atoms with E-state index in [0.717, 1.165) is 44.8 Å². The molecule has 5 aromatic rings. The van der Waals surface area contributed by atoms with Crippen LogP contribution in [0.5, 0.6) is 0 Å². The summed E-state index contributed by atoms with van der Waals surface area (Å²) in [6.45, 7) is 26.2. The summed E-state index contributed by atoms with van der Waals surface area (Å²) in [6.07, 6.45) is -3.55. The van der Waals surface area contributed by atoms with Crippen LogP contribution in [-0.2, 0) is 21.7 Å². The number of aliphatic imine (C=N–C) groups is 1. The van der Waals surface area contributed by atoms with Crippen LogP contribution < -0.4 is 0 Å². The molecule has 0 spiro atoms. The second-order valence-corrected chi connectivity index (χ2v) is 19.8. The van der Waals surface area contributed by atoms with Gasteiger partial charge in [0.1, 0.15) is 0 Å². The summed E-state index contributed by atoms with van der Waals surface area (Å²) in [6, 6.07) is 35.8. The Kier molecular flexibility index (Phi) is 11.1. The van der Waals surface area contributed by atoms with Crippen molar-refractivity contribution in [1.82, 2.24) is 4.98 Å². The van der Waals surface area contributed by atoms with Crippen LogP contribution in [0, 0.1) is 0 Å². The van der Waals surface area contributed by atoms with Gasteiger partial charge in [0, 0.05) is 34.4 Å². The van der Waals surface area contributed by atoms with Gasteiger partial charge >= 0.3 is 6.18 Å². The number of allylic oxidation sites excluding steroid dienone is 3. The van der Waals surface area contributed by atoms with E-state index in [-0.39, 0.29) is 28.1 Å². The van der Waals surface area contributed by atoms with Crippen molar-refractivity contribution < 1.29 is 13.2 Å². The fourth-order valence-corrected chi connectivity index (χ4v) is 7.31. The zero-order valence-corrected chi connectivity index (χ0v) is 35.9. The first-order valence-electron chi connectivity index (χ1n) is 20.2. The third-order valence-corrected chi connectivity index (χ3v) is 11.1. The minimum atomic E-state index is -4.37. The van der Waals surface area contributed by atoms with Crippen LogP contribution in [0.25, 0.3) is 33.5 Å². The number of hydrogen-bond acceptors (Lipinski definition) is 1. The average Bonchev–Trinajstić information content (AvgIpc) is 3.76. The third kappa shape index (κ3) is 9.63. The number of alkyl halides is 3. The minimum absolute atomic E-state index is 0.0202. The normalized spacial score (nSPS) is 15.1. The summed E-state index contributed by atoms with van der Waals surface area (Å²) in [7, 11) is 0. The number of aromatic amines is 1. The molecule has 0 saturated carbocycles. The Morgan fingerprint density at radius 1 is 0.509 bits per heavy atom. The molecule has 298 valence electrons. The number of hydrogen-bond donors (Lipinski definition) is 1. The number of rotatable bonds is 7. The summed E-state index contributed by atoms with van der Waals surface area (Å²) in [4.78, 5) is 8.95. The monoisotopic (exact) mass is 768 g/mol. The molecule has 1 N–H and O–H groups in total. The Balaban J connectivity index is 1.63. The second kappa shape index (κ2) is 15.1. The lowest BCUT2D eigenvalue weighted by atomic mass is 9.85. The van der Waals surface area contributed by atoms with E-state index in [1.165, 1.54) is 22.3 Å². The number of benzene rings is 4. The van der Waals surface area contributed by atoms with Crippen molar-refractivity contribution in [2.24, 2.45) is 4.99 Å². The first kappa shape index (κ1) is 41.7. The smallest absolute Gasteiger partial charge is 0.354 e. The highest BCUT2D eigenvalue weighted by molar-refractivity contribution is 6.19. The highest BCUT2D eigenvalue weighted by Gasteiger charge is 2.32. The van der Waals surface area contributed by atoms with E-state index in [0.29, 0.717) is 17.0 Å². The predicted octanol–water partition coefficient (Wildman–Crippen LogP) is 15.2. The van der Waals surface area contributed by atoms with Crippen LogP contribution in [0.1, 0.15) is 135 Å². The Bertz CT molecular complexity index is 2300. The lowest BCUT2D eigenvalue weighted by Gasteiger charge is -2.20. The molecule has 5 heteroatoms. The molecule has 1 aromatic heterocycles. The molecule has 0 saturated heterocycles. The van der Waals surface area contributed by atoms with Gasteiger partial charge in [-0.1, -0.05) is 180 Å².